The summed E-state index contributed by atoms with van der Waals surface area (Å²) in [6.07, 6.45) is 4.48. The van der Waals surface area contributed by atoms with Crippen LogP contribution in [0.5, 0.6) is 11.5 Å². The van der Waals surface area contributed by atoms with Crippen LogP contribution < -0.4 is 9.47 Å². The predicted octanol–water partition coefficient (Wildman–Crippen LogP) is 4.60. The standard InChI is InChI=1S/C24H22N4O5/c1-5-12-26-17-8-6-7-9-18(17)27-24(26)23(15(2)25-27)20(29)11-10-16-13-21(32-3)22(33-4)14-19(16)28(30)31/h5-11,13-14H,1,12H2,2-4H3/b11-10+. The molecule has 0 unspecified atom stereocenters. The van der Waals surface area contributed by atoms with Crippen molar-refractivity contribution in [1.82, 2.24) is 14.2 Å². The van der Waals surface area contributed by atoms with Crippen molar-refractivity contribution in [2.24, 2.45) is 0 Å². The molecule has 0 atom stereocenters. The van der Waals surface area contributed by atoms with Gasteiger partial charge in [0.05, 0.1) is 53.1 Å². The molecule has 9 heteroatoms. The van der Waals surface area contributed by atoms with Gasteiger partial charge >= 0.3 is 0 Å². The molecule has 4 aromatic rings. The highest BCUT2D eigenvalue weighted by atomic mass is 16.6. The number of carbonyl (C=O) groups excluding carboxylic acids is 1. The number of hydrogen-bond acceptors (Lipinski definition) is 6. The number of para-hydroxylation sites is 2. The van der Waals surface area contributed by atoms with Gasteiger partial charge in [-0.25, -0.2) is 4.52 Å². The van der Waals surface area contributed by atoms with Crippen molar-refractivity contribution < 1.29 is 19.2 Å². The number of nitro groups is 1. The van der Waals surface area contributed by atoms with Crippen molar-refractivity contribution in [1.29, 1.82) is 0 Å². The van der Waals surface area contributed by atoms with Crippen LogP contribution in [0.3, 0.4) is 0 Å². The van der Waals surface area contributed by atoms with Gasteiger partial charge in [0, 0.05) is 6.54 Å². The normalized spacial score (nSPS) is 11.4. The van der Waals surface area contributed by atoms with Crippen LogP contribution in [0.15, 0.2) is 55.1 Å². The highest BCUT2D eigenvalue weighted by Crippen LogP contribution is 2.35. The molecule has 9 nitrogen and oxygen atoms in total. The van der Waals surface area contributed by atoms with Crippen molar-refractivity contribution in [3.8, 4) is 11.5 Å². The van der Waals surface area contributed by atoms with E-state index >= 15 is 0 Å². The maximum Gasteiger partial charge on any atom is 0.280 e. The number of ketones is 1. The molecule has 0 saturated heterocycles. The van der Waals surface area contributed by atoms with Gasteiger partial charge in [-0.15, -0.1) is 6.58 Å². The Morgan fingerprint density at radius 2 is 1.85 bits per heavy atom. The van der Waals surface area contributed by atoms with Crippen molar-refractivity contribution in [2.75, 3.05) is 14.2 Å². The Kier molecular flexibility index (Phi) is 5.70. The maximum atomic E-state index is 13.3. The Balaban J connectivity index is 1.85. The SMILES string of the molecule is C=CCn1c2ccccc2n2nc(C)c(C(=O)/C=C/c3cc(OC)c(OC)cc3[N+](=O)[O-])c12. The van der Waals surface area contributed by atoms with Crippen LogP contribution >= 0.6 is 0 Å². The number of rotatable bonds is 8. The minimum atomic E-state index is -0.530. The molecule has 0 N–H and O–H groups in total. The number of ether oxygens (including phenoxy) is 2. The number of aromatic nitrogens is 3. The lowest BCUT2D eigenvalue weighted by molar-refractivity contribution is -0.385. The minimum Gasteiger partial charge on any atom is -0.493 e. The zero-order chi connectivity index (χ0) is 23.7. The molecule has 0 bridgehead atoms. The summed E-state index contributed by atoms with van der Waals surface area (Å²) in [6, 6.07) is 10.5. The summed E-state index contributed by atoms with van der Waals surface area (Å²) < 4.78 is 14.1. The van der Waals surface area contributed by atoms with E-state index in [2.05, 4.69) is 11.7 Å². The Hall–Kier alpha value is -4.40. The molecule has 0 amide bonds. The number of hydrogen-bond donors (Lipinski definition) is 0. The van der Waals surface area contributed by atoms with E-state index < -0.39 is 4.92 Å². The number of aryl methyl sites for hydroxylation is 1. The fraction of sp³-hybridized carbons (Fsp3) is 0.167. The molecule has 0 saturated carbocycles. The third-order valence-corrected chi connectivity index (χ3v) is 5.39. The molecule has 33 heavy (non-hydrogen) atoms. The van der Waals surface area contributed by atoms with Gasteiger partial charge in [0.2, 0.25) is 0 Å². The van der Waals surface area contributed by atoms with Gasteiger partial charge in [-0.2, -0.15) is 5.10 Å². The second-order valence-electron chi connectivity index (χ2n) is 7.30. The first-order valence-electron chi connectivity index (χ1n) is 10.1. The molecule has 2 aromatic carbocycles. The van der Waals surface area contributed by atoms with E-state index in [1.165, 1.54) is 38.5 Å². The van der Waals surface area contributed by atoms with Gasteiger partial charge in [0.25, 0.3) is 5.69 Å². The first-order valence-corrected chi connectivity index (χ1v) is 10.1. The highest BCUT2D eigenvalue weighted by molar-refractivity contribution is 6.12. The van der Waals surface area contributed by atoms with E-state index in [-0.39, 0.29) is 22.8 Å². The van der Waals surface area contributed by atoms with Crippen LogP contribution in [0.25, 0.3) is 22.8 Å². The second-order valence-corrected chi connectivity index (χ2v) is 7.30. The molecule has 0 aliphatic rings. The first-order chi connectivity index (χ1) is 15.9. The molecule has 0 spiro atoms. The lowest BCUT2D eigenvalue weighted by atomic mass is 10.1. The van der Waals surface area contributed by atoms with Gasteiger partial charge in [-0.1, -0.05) is 18.2 Å². The molecular formula is C24H22N4O5. The number of nitrogens with zero attached hydrogens (tertiary/aromatic N) is 4. The molecule has 168 valence electrons. The van der Waals surface area contributed by atoms with Gasteiger partial charge in [-0.3, -0.25) is 14.9 Å². The van der Waals surface area contributed by atoms with Gasteiger partial charge < -0.3 is 14.0 Å². The lowest BCUT2D eigenvalue weighted by Crippen LogP contribution is -2.02. The Morgan fingerprint density at radius 1 is 1.18 bits per heavy atom. The summed E-state index contributed by atoms with van der Waals surface area (Å²) in [6.45, 7) is 6.08. The number of imidazole rings is 1. The van der Waals surface area contributed by atoms with E-state index in [0.29, 0.717) is 29.2 Å². The molecule has 2 heterocycles. The van der Waals surface area contributed by atoms with Crippen molar-refractivity contribution in [3.63, 3.8) is 0 Å². The number of methoxy groups -OCH3 is 2. The number of allylic oxidation sites excluding steroid dienone is 2. The van der Waals surface area contributed by atoms with E-state index in [1.807, 2.05) is 28.8 Å². The van der Waals surface area contributed by atoms with Gasteiger partial charge in [0.15, 0.2) is 17.3 Å². The second kappa shape index (κ2) is 8.62. The topological polar surface area (TPSA) is 101 Å². The van der Waals surface area contributed by atoms with Crippen LogP contribution in [0.2, 0.25) is 0 Å². The van der Waals surface area contributed by atoms with Crippen LogP contribution in [-0.2, 0) is 6.54 Å². The summed E-state index contributed by atoms with van der Waals surface area (Å²) in [5, 5.41) is 16.2. The smallest absolute Gasteiger partial charge is 0.280 e. The average Bonchev–Trinajstić information content (AvgIpc) is 3.30. The van der Waals surface area contributed by atoms with Crippen molar-refractivity contribution in [3.05, 3.63) is 82.1 Å². The number of benzene rings is 2. The summed E-state index contributed by atoms with van der Waals surface area (Å²) >= 11 is 0. The highest BCUT2D eigenvalue weighted by Gasteiger charge is 2.23. The zero-order valence-corrected chi connectivity index (χ0v) is 18.4. The summed E-state index contributed by atoms with van der Waals surface area (Å²) in [7, 11) is 2.84. The van der Waals surface area contributed by atoms with E-state index in [9.17, 15) is 14.9 Å². The molecular weight excluding hydrogens is 424 g/mol. The Bertz CT molecular complexity index is 1440. The van der Waals surface area contributed by atoms with Crippen LogP contribution in [0.4, 0.5) is 5.69 Å². The predicted molar refractivity (Wildman–Crippen MR) is 125 cm³/mol. The fourth-order valence-corrected chi connectivity index (χ4v) is 3.94. The van der Waals surface area contributed by atoms with E-state index in [4.69, 9.17) is 9.47 Å². The van der Waals surface area contributed by atoms with Crippen LogP contribution in [-0.4, -0.2) is 39.1 Å². The minimum absolute atomic E-state index is 0.200. The molecule has 4 rings (SSSR count). The average molecular weight is 446 g/mol. The largest absolute Gasteiger partial charge is 0.493 e. The molecule has 2 aromatic heterocycles. The molecule has 0 aliphatic carbocycles. The van der Waals surface area contributed by atoms with Crippen molar-refractivity contribution >= 4 is 34.2 Å². The van der Waals surface area contributed by atoms with E-state index in [0.717, 1.165) is 11.0 Å². The van der Waals surface area contributed by atoms with Crippen molar-refractivity contribution in [2.45, 2.75) is 13.5 Å². The maximum absolute atomic E-state index is 13.3. The number of carbonyl (C=O) groups is 1. The first kappa shape index (κ1) is 21.8. The zero-order valence-electron chi connectivity index (χ0n) is 18.4. The Morgan fingerprint density at radius 3 is 2.48 bits per heavy atom. The van der Waals surface area contributed by atoms with E-state index in [1.54, 1.807) is 17.5 Å². The summed E-state index contributed by atoms with van der Waals surface area (Å²) in [4.78, 5) is 24.3. The monoisotopic (exact) mass is 446 g/mol. The van der Waals surface area contributed by atoms with Gasteiger partial charge in [0.1, 0.15) is 5.65 Å². The lowest BCUT2D eigenvalue weighted by Gasteiger charge is -2.08. The summed E-state index contributed by atoms with van der Waals surface area (Å²) in [5.41, 5.74) is 3.44. The fourth-order valence-electron chi connectivity index (χ4n) is 3.94. The quantitative estimate of drug-likeness (QED) is 0.129. The third-order valence-electron chi connectivity index (χ3n) is 5.39. The van der Waals surface area contributed by atoms with Crippen LogP contribution in [0.1, 0.15) is 21.6 Å². The number of nitro benzene ring substituents is 1. The summed E-state index contributed by atoms with van der Waals surface area (Å²) in [5.74, 6) is 0.237. The molecule has 0 fully saturated rings. The third kappa shape index (κ3) is 3.63. The number of fused-ring (bicyclic) bond motifs is 3. The Labute approximate surface area is 189 Å². The van der Waals surface area contributed by atoms with Crippen LogP contribution in [0, 0.1) is 17.0 Å². The van der Waals surface area contributed by atoms with Gasteiger partial charge in [-0.05, 0) is 37.3 Å². The molecule has 0 radical (unpaired) electrons. The molecule has 0 aliphatic heterocycles.